The first kappa shape index (κ1) is 17.9. The molecule has 0 saturated heterocycles. The van der Waals surface area contributed by atoms with Crippen LogP contribution in [-0.4, -0.2) is 66.9 Å². The predicted molar refractivity (Wildman–Crippen MR) is 96.4 cm³/mol. The van der Waals surface area contributed by atoms with Crippen molar-refractivity contribution in [1.82, 2.24) is 24.6 Å². The zero-order valence-electron chi connectivity index (χ0n) is 14.3. The van der Waals surface area contributed by atoms with Crippen LogP contribution in [0.4, 0.5) is 0 Å². The maximum Gasteiger partial charge on any atom is 0.251 e. The van der Waals surface area contributed by atoms with Gasteiger partial charge in [0.15, 0.2) is 0 Å². The SMILES string of the molecule is CSCC[C@@H](O)C(=O)N1CCc2nnc(Cc3cccnc3)n2CC1. The smallest absolute Gasteiger partial charge is 0.251 e. The number of aliphatic hydroxyl groups is 1. The van der Waals surface area contributed by atoms with Crippen LogP contribution in [0.3, 0.4) is 0 Å². The quantitative estimate of drug-likeness (QED) is 0.818. The number of hydrogen-bond donors (Lipinski definition) is 1. The molecule has 1 atom stereocenters. The van der Waals surface area contributed by atoms with Gasteiger partial charge in [-0.1, -0.05) is 6.07 Å². The van der Waals surface area contributed by atoms with E-state index >= 15 is 0 Å². The molecule has 0 unspecified atom stereocenters. The molecule has 3 rings (SSSR count). The number of carbonyl (C=O) groups is 1. The highest BCUT2D eigenvalue weighted by Gasteiger charge is 2.25. The molecule has 8 heteroatoms. The minimum Gasteiger partial charge on any atom is -0.383 e. The topological polar surface area (TPSA) is 84.1 Å². The molecule has 1 aliphatic rings. The van der Waals surface area contributed by atoms with Gasteiger partial charge in [0.2, 0.25) is 0 Å². The highest BCUT2D eigenvalue weighted by Crippen LogP contribution is 2.14. The molecule has 1 N–H and O–H groups in total. The normalized spacial score (nSPS) is 15.5. The highest BCUT2D eigenvalue weighted by atomic mass is 32.2. The largest absolute Gasteiger partial charge is 0.383 e. The van der Waals surface area contributed by atoms with E-state index < -0.39 is 6.10 Å². The van der Waals surface area contributed by atoms with E-state index in [-0.39, 0.29) is 5.91 Å². The Morgan fingerprint density at radius 1 is 1.36 bits per heavy atom. The maximum absolute atomic E-state index is 12.4. The fourth-order valence-corrected chi connectivity index (χ4v) is 3.44. The number of carbonyl (C=O) groups excluding carboxylic acids is 1. The molecule has 0 spiro atoms. The van der Waals surface area contributed by atoms with E-state index in [1.807, 2.05) is 24.6 Å². The molecule has 1 amide bonds. The van der Waals surface area contributed by atoms with Crippen molar-refractivity contribution in [2.24, 2.45) is 0 Å². The first-order valence-corrected chi connectivity index (χ1v) is 9.84. The summed E-state index contributed by atoms with van der Waals surface area (Å²) in [5.74, 6) is 2.39. The number of amides is 1. The van der Waals surface area contributed by atoms with Crippen LogP contribution in [0.25, 0.3) is 0 Å². The molecule has 0 radical (unpaired) electrons. The van der Waals surface area contributed by atoms with Crippen LogP contribution >= 0.6 is 11.8 Å². The van der Waals surface area contributed by atoms with Gasteiger partial charge >= 0.3 is 0 Å². The van der Waals surface area contributed by atoms with Gasteiger partial charge in [0.1, 0.15) is 17.8 Å². The monoisotopic (exact) mass is 361 g/mol. The number of hydrogen-bond acceptors (Lipinski definition) is 6. The average molecular weight is 361 g/mol. The summed E-state index contributed by atoms with van der Waals surface area (Å²) in [7, 11) is 0. The summed E-state index contributed by atoms with van der Waals surface area (Å²) in [4.78, 5) is 18.3. The van der Waals surface area contributed by atoms with Crippen molar-refractivity contribution >= 4 is 17.7 Å². The van der Waals surface area contributed by atoms with E-state index in [2.05, 4.69) is 19.7 Å². The van der Waals surface area contributed by atoms with Crippen LogP contribution < -0.4 is 0 Å². The lowest BCUT2D eigenvalue weighted by Crippen LogP contribution is -2.41. The van der Waals surface area contributed by atoms with Crippen LogP contribution in [0.5, 0.6) is 0 Å². The van der Waals surface area contributed by atoms with Gasteiger partial charge in [-0.2, -0.15) is 11.8 Å². The number of rotatable bonds is 6. The molecule has 0 saturated carbocycles. The van der Waals surface area contributed by atoms with E-state index in [0.717, 1.165) is 23.0 Å². The summed E-state index contributed by atoms with van der Waals surface area (Å²) in [6.07, 6.45) is 6.46. The van der Waals surface area contributed by atoms with Gasteiger partial charge in [-0.3, -0.25) is 9.78 Å². The first-order chi connectivity index (χ1) is 12.2. The Morgan fingerprint density at radius 3 is 3.00 bits per heavy atom. The Hall–Kier alpha value is -1.93. The fourth-order valence-electron chi connectivity index (χ4n) is 2.98. The van der Waals surface area contributed by atoms with E-state index in [1.165, 1.54) is 0 Å². The van der Waals surface area contributed by atoms with Gasteiger partial charge in [0.25, 0.3) is 5.91 Å². The number of thioether (sulfide) groups is 1. The van der Waals surface area contributed by atoms with Crippen LogP contribution in [0, 0.1) is 0 Å². The van der Waals surface area contributed by atoms with Crippen molar-refractivity contribution in [1.29, 1.82) is 0 Å². The van der Waals surface area contributed by atoms with Crippen LogP contribution in [0.15, 0.2) is 24.5 Å². The first-order valence-electron chi connectivity index (χ1n) is 8.44. The van der Waals surface area contributed by atoms with Crippen molar-refractivity contribution in [2.75, 3.05) is 25.1 Å². The van der Waals surface area contributed by atoms with Gasteiger partial charge in [-0.05, 0) is 30.1 Å². The molecule has 3 heterocycles. The molecule has 0 fully saturated rings. The van der Waals surface area contributed by atoms with Gasteiger partial charge in [0, 0.05) is 44.9 Å². The summed E-state index contributed by atoms with van der Waals surface area (Å²) < 4.78 is 2.09. The van der Waals surface area contributed by atoms with E-state index in [0.29, 0.717) is 38.9 Å². The molecule has 7 nitrogen and oxygen atoms in total. The Morgan fingerprint density at radius 2 is 2.24 bits per heavy atom. The van der Waals surface area contributed by atoms with Gasteiger partial charge in [-0.15, -0.1) is 10.2 Å². The molecular weight excluding hydrogens is 338 g/mol. The Balaban J connectivity index is 1.65. The molecular formula is C17H23N5O2S. The number of aromatic nitrogens is 4. The molecule has 0 bridgehead atoms. The van der Waals surface area contributed by atoms with Crippen LogP contribution in [-0.2, 0) is 24.2 Å². The zero-order chi connectivity index (χ0) is 17.6. The van der Waals surface area contributed by atoms with Crippen molar-refractivity contribution in [2.45, 2.75) is 31.9 Å². The summed E-state index contributed by atoms with van der Waals surface area (Å²) >= 11 is 1.63. The Kier molecular flexibility index (Phi) is 6.04. The summed E-state index contributed by atoms with van der Waals surface area (Å²) in [5.41, 5.74) is 1.09. The molecule has 0 aromatic carbocycles. The fraction of sp³-hybridized carbons (Fsp3) is 0.529. The third kappa shape index (κ3) is 4.38. The second-order valence-electron chi connectivity index (χ2n) is 6.09. The van der Waals surface area contributed by atoms with Gasteiger partial charge in [-0.25, -0.2) is 0 Å². The van der Waals surface area contributed by atoms with Crippen molar-refractivity contribution < 1.29 is 9.90 Å². The number of fused-ring (bicyclic) bond motifs is 1. The van der Waals surface area contributed by atoms with Gasteiger partial charge in [0.05, 0.1) is 0 Å². The lowest BCUT2D eigenvalue weighted by molar-refractivity contribution is -0.140. The minimum absolute atomic E-state index is 0.179. The second kappa shape index (κ2) is 8.44. The van der Waals surface area contributed by atoms with Crippen molar-refractivity contribution in [3.05, 3.63) is 41.7 Å². The van der Waals surface area contributed by atoms with Crippen molar-refractivity contribution in [3.63, 3.8) is 0 Å². The van der Waals surface area contributed by atoms with Gasteiger partial charge < -0.3 is 14.6 Å². The molecule has 0 aliphatic carbocycles. The number of pyridine rings is 1. The third-order valence-corrected chi connectivity index (χ3v) is 5.02. The molecule has 1 aliphatic heterocycles. The molecule has 25 heavy (non-hydrogen) atoms. The molecule has 134 valence electrons. The number of nitrogens with zero attached hydrogens (tertiary/aromatic N) is 5. The Bertz CT molecular complexity index is 706. The predicted octanol–water partition coefficient (Wildman–Crippen LogP) is 0.763. The Labute approximate surface area is 151 Å². The molecule has 2 aromatic rings. The summed E-state index contributed by atoms with van der Waals surface area (Å²) in [6.45, 7) is 1.79. The molecule has 2 aromatic heterocycles. The van der Waals surface area contributed by atoms with E-state index in [4.69, 9.17) is 0 Å². The van der Waals surface area contributed by atoms with E-state index in [9.17, 15) is 9.90 Å². The van der Waals surface area contributed by atoms with Crippen LogP contribution in [0.1, 0.15) is 23.6 Å². The van der Waals surface area contributed by atoms with Crippen molar-refractivity contribution in [3.8, 4) is 0 Å². The summed E-state index contributed by atoms with van der Waals surface area (Å²) in [6, 6.07) is 3.93. The standard InChI is InChI=1S/C17H23N5O2S/c1-25-10-5-14(23)17(24)21-7-4-15-19-20-16(22(15)9-8-21)11-13-3-2-6-18-12-13/h2-3,6,12,14,23H,4-5,7-11H2,1H3/t14-/m1/s1. The lowest BCUT2D eigenvalue weighted by Gasteiger charge is -2.23. The minimum atomic E-state index is -0.911. The zero-order valence-corrected chi connectivity index (χ0v) is 15.2. The lowest BCUT2D eigenvalue weighted by atomic mass is 10.2. The summed E-state index contributed by atoms with van der Waals surface area (Å²) in [5, 5.41) is 18.7. The van der Waals surface area contributed by atoms with E-state index in [1.54, 1.807) is 22.9 Å². The average Bonchev–Trinajstić information content (AvgIpc) is 2.89. The third-order valence-electron chi connectivity index (χ3n) is 4.38. The highest BCUT2D eigenvalue weighted by molar-refractivity contribution is 7.98. The van der Waals surface area contributed by atoms with Crippen LogP contribution in [0.2, 0.25) is 0 Å². The maximum atomic E-state index is 12.4. The number of aliphatic hydroxyl groups excluding tert-OH is 1. The second-order valence-corrected chi connectivity index (χ2v) is 7.08.